The summed E-state index contributed by atoms with van der Waals surface area (Å²) in [6, 6.07) is 12.1. The highest BCUT2D eigenvalue weighted by atomic mass is 16.5. The van der Waals surface area contributed by atoms with Gasteiger partial charge in [0.1, 0.15) is 0 Å². The molecular weight excluding hydrogens is 328 g/mol. The molecule has 26 heavy (non-hydrogen) atoms. The van der Waals surface area contributed by atoms with Gasteiger partial charge >= 0.3 is 5.97 Å². The van der Waals surface area contributed by atoms with Gasteiger partial charge in [0.25, 0.3) is 0 Å². The molecule has 0 saturated carbocycles. The second-order valence-electron chi connectivity index (χ2n) is 6.41. The number of benzene rings is 1. The summed E-state index contributed by atoms with van der Waals surface area (Å²) in [6.07, 6.45) is 4.52. The highest BCUT2D eigenvalue weighted by Crippen LogP contribution is 2.16. The summed E-state index contributed by atoms with van der Waals surface area (Å²) in [5, 5.41) is 0. The summed E-state index contributed by atoms with van der Waals surface area (Å²) in [6.45, 7) is 4.81. The molecule has 0 fully saturated rings. The molecule has 1 aromatic heterocycles. The van der Waals surface area contributed by atoms with Crippen LogP contribution in [0, 0.1) is 5.92 Å². The van der Waals surface area contributed by atoms with Crippen molar-refractivity contribution in [2.24, 2.45) is 5.92 Å². The summed E-state index contributed by atoms with van der Waals surface area (Å²) < 4.78 is 4.69. The number of nitrogens with zero attached hydrogens (tertiary/aromatic N) is 2. The lowest BCUT2D eigenvalue weighted by Crippen LogP contribution is -2.35. The number of aromatic nitrogens is 1. The Morgan fingerprint density at radius 1 is 1.08 bits per heavy atom. The molecule has 0 unspecified atom stereocenters. The Kier molecular flexibility index (Phi) is 7.33. The third kappa shape index (κ3) is 5.69. The monoisotopic (exact) mass is 354 g/mol. The van der Waals surface area contributed by atoms with E-state index in [0.29, 0.717) is 13.1 Å². The van der Waals surface area contributed by atoms with E-state index >= 15 is 0 Å². The molecule has 1 amide bonds. The molecule has 1 aromatic carbocycles. The zero-order valence-electron chi connectivity index (χ0n) is 15.6. The molecule has 0 saturated heterocycles. The molecule has 2 aromatic rings. The second kappa shape index (κ2) is 9.70. The number of amides is 1. The van der Waals surface area contributed by atoms with Crippen molar-refractivity contribution in [1.29, 1.82) is 0 Å². The molecule has 0 spiro atoms. The third-order valence-corrected chi connectivity index (χ3v) is 4.33. The molecule has 0 aliphatic rings. The van der Waals surface area contributed by atoms with Gasteiger partial charge < -0.3 is 9.64 Å². The van der Waals surface area contributed by atoms with Gasteiger partial charge in [-0.25, -0.2) is 0 Å². The van der Waals surface area contributed by atoms with Crippen molar-refractivity contribution < 1.29 is 14.3 Å². The lowest BCUT2D eigenvalue weighted by atomic mass is 10.0. The van der Waals surface area contributed by atoms with E-state index in [1.165, 1.54) is 12.7 Å². The summed E-state index contributed by atoms with van der Waals surface area (Å²) in [4.78, 5) is 30.3. The molecule has 1 heterocycles. The van der Waals surface area contributed by atoms with Crippen molar-refractivity contribution >= 4 is 11.9 Å². The van der Waals surface area contributed by atoms with Crippen molar-refractivity contribution in [3.63, 3.8) is 0 Å². The van der Waals surface area contributed by atoms with Crippen LogP contribution in [0.4, 0.5) is 0 Å². The first-order valence-electron chi connectivity index (χ1n) is 8.85. The third-order valence-electron chi connectivity index (χ3n) is 4.33. The minimum atomic E-state index is -0.436. The van der Waals surface area contributed by atoms with E-state index in [2.05, 4.69) is 24.0 Å². The van der Waals surface area contributed by atoms with Crippen LogP contribution in [0.5, 0.6) is 0 Å². The molecule has 0 aliphatic carbocycles. The van der Waals surface area contributed by atoms with Crippen molar-refractivity contribution in [3.05, 3.63) is 65.5 Å². The van der Waals surface area contributed by atoms with E-state index in [0.717, 1.165) is 17.5 Å². The summed E-state index contributed by atoms with van der Waals surface area (Å²) >= 11 is 0. The van der Waals surface area contributed by atoms with Crippen LogP contribution in [0.25, 0.3) is 0 Å². The standard InChI is InChI=1S/C21H26N2O3/c1-4-17-7-9-18(10-8-17)14-23(15-19-6-5-11-22-13-19)21(25)16(2)12-20(24)26-3/h5-11,13,16H,4,12,14-15H2,1-3H3/t16-/m1/s1. The van der Waals surface area contributed by atoms with Crippen LogP contribution in [0.15, 0.2) is 48.8 Å². The first-order valence-corrected chi connectivity index (χ1v) is 8.85. The zero-order valence-corrected chi connectivity index (χ0v) is 15.6. The fourth-order valence-corrected chi connectivity index (χ4v) is 2.76. The summed E-state index contributed by atoms with van der Waals surface area (Å²) in [5.74, 6) is -0.882. The Morgan fingerprint density at radius 2 is 1.73 bits per heavy atom. The molecule has 0 N–H and O–H groups in total. The van der Waals surface area contributed by atoms with Gasteiger partial charge in [0.15, 0.2) is 0 Å². The van der Waals surface area contributed by atoms with Crippen LogP contribution in [0.2, 0.25) is 0 Å². The zero-order chi connectivity index (χ0) is 18.9. The Hall–Kier alpha value is -2.69. The molecule has 0 aliphatic heterocycles. The van der Waals surface area contributed by atoms with Crippen LogP contribution in [-0.2, 0) is 33.8 Å². The predicted molar refractivity (Wildman–Crippen MR) is 100 cm³/mol. The van der Waals surface area contributed by atoms with Crippen molar-refractivity contribution in [3.8, 4) is 0 Å². The molecular formula is C21H26N2O3. The topological polar surface area (TPSA) is 59.5 Å². The molecule has 1 atom stereocenters. The average Bonchev–Trinajstić information content (AvgIpc) is 2.68. The highest BCUT2D eigenvalue weighted by molar-refractivity contribution is 5.83. The summed E-state index contributed by atoms with van der Waals surface area (Å²) in [7, 11) is 1.34. The minimum absolute atomic E-state index is 0.0705. The second-order valence-corrected chi connectivity index (χ2v) is 6.41. The van der Waals surface area contributed by atoms with Gasteiger partial charge in [0.2, 0.25) is 5.91 Å². The molecule has 0 radical (unpaired) electrons. The number of carbonyl (C=O) groups excluding carboxylic acids is 2. The molecule has 5 nitrogen and oxygen atoms in total. The smallest absolute Gasteiger partial charge is 0.306 e. The lowest BCUT2D eigenvalue weighted by molar-refractivity contribution is -0.146. The number of rotatable bonds is 8. The van der Waals surface area contributed by atoms with E-state index in [9.17, 15) is 9.59 Å². The number of esters is 1. The Morgan fingerprint density at radius 3 is 2.31 bits per heavy atom. The fourth-order valence-electron chi connectivity index (χ4n) is 2.76. The molecule has 138 valence electrons. The van der Waals surface area contributed by atoms with Gasteiger partial charge in [0, 0.05) is 31.4 Å². The van der Waals surface area contributed by atoms with Gasteiger partial charge in [-0.1, -0.05) is 44.2 Å². The van der Waals surface area contributed by atoms with Crippen LogP contribution in [0.1, 0.15) is 37.0 Å². The van der Waals surface area contributed by atoms with Crippen molar-refractivity contribution in [1.82, 2.24) is 9.88 Å². The van der Waals surface area contributed by atoms with Gasteiger partial charge in [-0.2, -0.15) is 0 Å². The van der Waals surface area contributed by atoms with Crippen LogP contribution < -0.4 is 0 Å². The number of carbonyl (C=O) groups is 2. The number of ether oxygens (including phenoxy) is 1. The van der Waals surface area contributed by atoms with E-state index in [1.807, 2.05) is 24.3 Å². The van der Waals surface area contributed by atoms with Gasteiger partial charge in [0.05, 0.1) is 13.5 Å². The molecule has 5 heteroatoms. The van der Waals surface area contributed by atoms with Crippen LogP contribution in [0.3, 0.4) is 0 Å². The number of pyridine rings is 1. The molecule has 2 rings (SSSR count). The maximum absolute atomic E-state index is 12.9. The number of hydrogen-bond donors (Lipinski definition) is 0. The highest BCUT2D eigenvalue weighted by Gasteiger charge is 2.23. The Labute approximate surface area is 155 Å². The normalized spacial score (nSPS) is 11.7. The SMILES string of the molecule is CCc1ccc(CN(Cc2cccnc2)C(=O)[C@H](C)CC(=O)OC)cc1. The van der Waals surface area contributed by atoms with Gasteiger partial charge in [-0.15, -0.1) is 0 Å². The summed E-state index contributed by atoms with van der Waals surface area (Å²) in [5.41, 5.74) is 3.28. The van der Waals surface area contributed by atoms with E-state index in [-0.39, 0.29) is 18.3 Å². The Balaban J connectivity index is 2.16. The first-order chi connectivity index (χ1) is 12.5. The quantitative estimate of drug-likeness (QED) is 0.682. The van der Waals surface area contributed by atoms with Crippen LogP contribution >= 0.6 is 0 Å². The minimum Gasteiger partial charge on any atom is -0.469 e. The maximum atomic E-state index is 12.9. The van der Waals surface area contributed by atoms with Crippen molar-refractivity contribution in [2.75, 3.05) is 7.11 Å². The van der Waals surface area contributed by atoms with Crippen LogP contribution in [-0.4, -0.2) is 28.9 Å². The largest absolute Gasteiger partial charge is 0.469 e. The number of hydrogen-bond acceptors (Lipinski definition) is 4. The van der Waals surface area contributed by atoms with E-state index in [4.69, 9.17) is 4.74 Å². The maximum Gasteiger partial charge on any atom is 0.306 e. The average molecular weight is 354 g/mol. The lowest BCUT2D eigenvalue weighted by Gasteiger charge is -2.26. The fraction of sp³-hybridized carbons (Fsp3) is 0.381. The van der Waals surface area contributed by atoms with E-state index < -0.39 is 5.92 Å². The van der Waals surface area contributed by atoms with Gasteiger partial charge in [-0.05, 0) is 29.2 Å². The number of aryl methyl sites for hydroxylation is 1. The number of methoxy groups -OCH3 is 1. The van der Waals surface area contributed by atoms with Crippen molar-refractivity contribution in [2.45, 2.75) is 39.8 Å². The van der Waals surface area contributed by atoms with E-state index in [1.54, 1.807) is 24.2 Å². The molecule has 0 bridgehead atoms. The predicted octanol–water partition coefficient (Wildman–Crippen LogP) is 3.37. The van der Waals surface area contributed by atoms with Gasteiger partial charge in [-0.3, -0.25) is 14.6 Å². The Bertz CT molecular complexity index is 714. The first kappa shape index (κ1) is 19.6.